The van der Waals surface area contributed by atoms with E-state index in [1.165, 1.54) is 24.3 Å². The smallest absolute Gasteiger partial charge is 0.335 e. The lowest BCUT2D eigenvalue weighted by Crippen LogP contribution is -2.15. The van der Waals surface area contributed by atoms with Gasteiger partial charge >= 0.3 is 11.9 Å². The number of aliphatic hydroxyl groups is 2. The van der Waals surface area contributed by atoms with Crippen LogP contribution in [0.1, 0.15) is 20.7 Å². The Morgan fingerprint density at radius 1 is 0.400 bits per heavy atom. The Morgan fingerprint density at radius 2 is 0.575 bits per heavy atom. The molecule has 232 valence electrons. The van der Waals surface area contributed by atoms with Gasteiger partial charge in [-0.1, -0.05) is 0 Å². The Balaban J connectivity index is 0.00000104. The van der Waals surface area contributed by atoms with Gasteiger partial charge < -0.3 is 58.3 Å². The third kappa shape index (κ3) is 26.0. The van der Waals surface area contributed by atoms with Crippen LogP contribution >= 0.6 is 0 Å². The first-order valence-electron chi connectivity index (χ1n) is 12.9. The molecular formula is C26H44O14. The minimum atomic E-state index is -1.06. The summed E-state index contributed by atoms with van der Waals surface area (Å²) in [5, 5.41) is 34.0. The molecule has 4 N–H and O–H groups in total. The molecule has 0 spiro atoms. The van der Waals surface area contributed by atoms with Crippen LogP contribution in [0.3, 0.4) is 0 Å². The van der Waals surface area contributed by atoms with Crippen molar-refractivity contribution in [1.29, 1.82) is 0 Å². The Labute approximate surface area is 234 Å². The van der Waals surface area contributed by atoms with Crippen LogP contribution in [0.25, 0.3) is 0 Å². The van der Waals surface area contributed by atoms with E-state index in [2.05, 4.69) is 0 Å². The van der Waals surface area contributed by atoms with Gasteiger partial charge in [0.25, 0.3) is 0 Å². The summed E-state index contributed by atoms with van der Waals surface area (Å²) in [6.45, 7) is 7.79. The molecule has 14 nitrogen and oxygen atoms in total. The van der Waals surface area contributed by atoms with Gasteiger partial charge in [-0.05, 0) is 24.3 Å². The molecule has 0 aliphatic rings. The number of carboxylic acid groups (broad SMARTS) is 2. The summed E-state index contributed by atoms with van der Waals surface area (Å²) in [6.07, 6.45) is 0. The Morgan fingerprint density at radius 3 is 0.725 bits per heavy atom. The van der Waals surface area contributed by atoms with Crippen LogP contribution in [0.15, 0.2) is 24.3 Å². The molecule has 40 heavy (non-hydrogen) atoms. The van der Waals surface area contributed by atoms with Crippen molar-refractivity contribution in [2.24, 2.45) is 0 Å². The SMILES string of the molecule is O=C(O)c1ccc(C(=O)O)cc1.OCCOCCOCCOCCOCCOCCOCCOCCOCCO. The van der Waals surface area contributed by atoms with E-state index < -0.39 is 11.9 Å². The first-order valence-corrected chi connectivity index (χ1v) is 12.9. The van der Waals surface area contributed by atoms with Gasteiger partial charge in [0.2, 0.25) is 0 Å². The summed E-state index contributed by atoms with van der Waals surface area (Å²) in [7, 11) is 0. The average molecular weight is 581 g/mol. The second-order valence-corrected chi connectivity index (χ2v) is 7.53. The highest BCUT2D eigenvalue weighted by Crippen LogP contribution is 2.03. The lowest BCUT2D eigenvalue weighted by molar-refractivity contribution is -0.0244. The Bertz CT molecular complexity index is 642. The molecule has 0 saturated carbocycles. The van der Waals surface area contributed by atoms with E-state index in [9.17, 15) is 9.59 Å². The molecule has 0 bridgehead atoms. The zero-order valence-electron chi connectivity index (χ0n) is 22.9. The maximum Gasteiger partial charge on any atom is 0.335 e. The van der Waals surface area contributed by atoms with E-state index in [-0.39, 0.29) is 24.3 Å². The Hall–Kier alpha value is -2.24. The Kier molecular flexibility index (Phi) is 28.1. The molecule has 0 heterocycles. The van der Waals surface area contributed by atoms with Crippen molar-refractivity contribution in [2.75, 3.05) is 119 Å². The van der Waals surface area contributed by atoms with Crippen LogP contribution < -0.4 is 0 Å². The van der Waals surface area contributed by atoms with Crippen LogP contribution in [-0.4, -0.2) is 151 Å². The maximum atomic E-state index is 10.3. The van der Waals surface area contributed by atoms with Gasteiger partial charge in [0.05, 0.1) is 130 Å². The highest BCUT2D eigenvalue weighted by molar-refractivity contribution is 5.91. The average Bonchev–Trinajstić information content (AvgIpc) is 2.95. The monoisotopic (exact) mass is 580 g/mol. The molecule has 0 saturated heterocycles. The highest BCUT2D eigenvalue weighted by Gasteiger charge is 2.05. The summed E-state index contributed by atoms with van der Waals surface area (Å²) in [5.74, 6) is -2.13. The topological polar surface area (TPSA) is 189 Å². The number of hydrogen-bond acceptors (Lipinski definition) is 12. The van der Waals surface area contributed by atoms with Gasteiger partial charge in [-0.3, -0.25) is 0 Å². The molecule has 0 aromatic heterocycles. The van der Waals surface area contributed by atoms with Crippen LogP contribution in [0, 0.1) is 0 Å². The number of hydrogen-bond donors (Lipinski definition) is 4. The molecule has 0 aliphatic heterocycles. The minimum absolute atomic E-state index is 0.0294. The standard InChI is InChI=1S/C18H38O10.C8H6O4/c19-1-3-21-5-7-23-9-11-25-13-15-27-17-18-28-16-14-26-12-10-24-8-6-22-4-2-20;9-7(10)5-1-2-6(4-3-5)8(11)12/h19-20H,1-18H2;1-4H,(H,9,10)(H,11,12). The number of carboxylic acids is 2. The lowest BCUT2D eigenvalue weighted by Gasteiger charge is -2.08. The van der Waals surface area contributed by atoms with Crippen LogP contribution in [0.2, 0.25) is 0 Å². The van der Waals surface area contributed by atoms with Crippen molar-refractivity contribution >= 4 is 11.9 Å². The molecule has 0 amide bonds. The van der Waals surface area contributed by atoms with Crippen molar-refractivity contribution < 1.29 is 67.9 Å². The fraction of sp³-hybridized carbons (Fsp3) is 0.692. The third-order valence-electron chi connectivity index (χ3n) is 4.45. The molecular weight excluding hydrogens is 536 g/mol. The maximum absolute atomic E-state index is 10.3. The fourth-order valence-electron chi connectivity index (χ4n) is 2.53. The van der Waals surface area contributed by atoms with E-state index in [1.807, 2.05) is 0 Å². The molecule has 14 heteroatoms. The zero-order chi connectivity index (χ0) is 29.5. The van der Waals surface area contributed by atoms with E-state index >= 15 is 0 Å². The normalized spacial score (nSPS) is 10.8. The van der Waals surface area contributed by atoms with Gasteiger partial charge in [0.1, 0.15) is 0 Å². The zero-order valence-corrected chi connectivity index (χ0v) is 22.9. The van der Waals surface area contributed by atoms with Gasteiger partial charge in [-0.2, -0.15) is 0 Å². The molecule has 0 radical (unpaired) electrons. The quantitative estimate of drug-likeness (QED) is 0.103. The number of rotatable bonds is 27. The number of carbonyl (C=O) groups is 2. The van der Waals surface area contributed by atoms with Gasteiger partial charge in [0, 0.05) is 0 Å². The van der Waals surface area contributed by atoms with Crippen LogP contribution in [-0.2, 0) is 37.9 Å². The molecule has 1 rings (SSSR count). The van der Waals surface area contributed by atoms with Crippen molar-refractivity contribution in [3.63, 3.8) is 0 Å². The predicted molar refractivity (Wildman–Crippen MR) is 141 cm³/mol. The van der Waals surface area contributed by atoms with E-state index in [4.69, 9.17) is 58.3 Å². The molecule has 0 fully saturated rings. The van der Waals surface area contributed by atoms with Crippen molar-refractivity contribution in [3.8, 4) is 0 Å². The predicted octanol–water partition coefficient (Wildman–Crippen LogP) is 0.187. The van der Waals surface area contributed by atoms with E-state index in [0.29, 0.717) is 106 Å². The van der Waals surface area contributed by atoms with Gasteiger partial charge in [-0.15, -0.1) is 0 Å². The summed E-state index contributed by atoms with van der Waals surface area (Å²) in [6, 6.07) is 5.02. The first kappa shape index (κ1) is 37.8. The third-order valence-corrected chi connectivity index (χ3v) is 4.45. The lowest BCUT2D eigenvalue weighted by atomic mass is 10.1. The molecule has 0 unspecified atom stereocenters. The number of aromatic carboxylic acids is 2. The summed E-state index contributed by atoms with van der Waals surface area (Å²) >= 11 is 0. The summed E-state index contributed by atoms with van der Waals surface area (Å²) < 4.78 is 42.2. The van der Waals surface area contributed by atoms with Crippen LogP contribution in [0.5, 0.6) is 0 Å². The summed E-state index contributed by atoms with van der Waals surface area (Å²) in [4.78, 5) is 20.7. The highest BCUT2D eigenvalue weighted by atomic mass is 16.6. The number of ether oxygens (including phenoxy) is 8. The second kappa shape index (κ2) is 29.7. The molecule has 1 aromatic carbocycles. The van der Waals surface area contributed by atoms with Crippen molar-refractivity contribution in [3.05, 3.63) is 35.4 Å². The number of benzene rings is 1. The van der Waals surface area contributed by atoms with Gasteiger partial charge in [-0.25, -0.2) is 9.59 Å². The largest absolute Gasteiger partial charge is 0.478 e. The molecule has 1 aromatic rings. The van der Waals surface area contributed by atoms with Crippen molar-refractivity contribution in [2.45, 2.75) is 0 Å². The molecule has 0 aliphatic carbocycles. The summed E-state index contributed by atoms with van der Waals surface area (Å²) in [5.41, 5.74) is 0.167. The fourth-order valence-corrected chi connectivity index (χ4v) is 2.53. The minimum Gasteiger partial charge on any atom is -0.478 e. The van der Waals surface area contributed by atoms with E-state index in [1.54, 1.807) is 0 Å². The van der Waals surface area contributed by atoms with Crippen LogP contribution in [0.4, 0.5) is 0 Å². The second-order valence-electron chi connectivity index (χ2n) is 7.53. The first-order chi connectivity index (χ1) is 19.5. The van der Waals surface area contributed by atoms with E-state index in [0.717, 1.165) is 0 Å². The van der Waals surface area contributed by atoms with Crippen molar-refractivity contribution in [1.82, 2.24) is 0 Å². The number of aliphatic hydroxyl groups excluding tert-OH is 2. The van der Waals surface area contributed by atoms with Gasteiger partial charge in [0.15, 0.2) is 0 Å². The molecule has 0 atom stereocenters.